The van der Waals surface area contributed by atoms with Crippen molar-refractivity contribution in [1.29, 1.82) is 0 Å². The van der Waals surface area contributed by atoms with Gasteiger partial charge in [0.15, 0.2) is 0 Å². The zero-order chi connectivity index (χ0) is 11.8. The lowest BCUT2D eigenvalue weighted by atomic mass is 10.1. The fourth-order valence-electron chi connectivity index (χ4n) is 1.84. The van der Waals surface area contributed by atoms with Gasteiger partial charge >= 0.3 is 0 Å². The van der Waals surface area contributed by atoms with Crippen LogP contribution in [0.1, 0.15) is 0 Å². The number of hydrogen-bond donors (Lipinski definition) is 1. The van der Waals surface area contributed by atoms with Crippen LogP contribution in [-0.2, 0) is 9.47 Å². The third-order valence-electron chi connectivity index (χ3n) is 2.94. The summed E-state index contributed by atoms with van der Waals surface area (Å²) in [5.41, 5.74) is 7.53. The number of anilines is 2. The Bertz CT molecular complexity index is 386. The summed E-state index contributed by atoms with van der Waals surface area (Å²) >= 11 is 5.94. The van der Waals surface area contributed by atoms with E-state index in [1.54, 1.807) is 26.4 Å². The van der Waals surface area contributed by atoms with Gasteiger partial charge in [0, 0.05) is 19.2 Å². The van der Waals surface area contributed by atoms with Gasteiger partial charge in [-0.25, -0.2) is 0 Å². The number of halogens is 1. The highest BCUT2D eigenvalue weighted by atomic mass is 35.5. The Hall–Kier alpha value is -0.970. The average Bonchev–Trinajstić information content (AvgIpc) is 2.23. The van der Waals surface area contributed by atoms with Gasteiger partial charge in [-0.15, -0.1) is 0 Å². The Morgan fingerprint density at radius 3 is 2.50 bits per heavy atom. The fraction of sp³-hybridized carbons (Fsp3) is 0.455. The molecule has 0 spiro atoms. The van der Waals surface area contributed by atoms with Gasteiger partial charge in [-0.3, -0.25) is 0 Å². The van der Waals surface area contributed by atoms with E-state index in [2.05, 4.69) is 4.90 Å². The highest BCUT2D eigenvalue weighted by molar-refractivity contribution is 6.31. The predicted molar refractivity (Wildman–Crippen MR) is 64.8 cm³/mol. The van der Waals surface area contributed by atoms with Crippen molar-refractivity contribution in [2.45, 2.75) is 5.79 Å². The Balaban J connectivity index is 2.14. The van der Waals surface area contributed by atoms with E-state index >= 15 is 0 Å². The van der Waals surface area contributed by atoms with E-state index in [9.17, 15) is 0 Å². The molecule has 1 aromatic carbocycles. The number of ether oxygens (including phenoxy) is 2. The van der Waals surface area contributed by atoms with E-state index in [1.807, 2.05) is 6.07 Å². The quantitative estimate of drug-likeness (QED) is 0.648. The van der Waals surface area contributed by atoms with Crippen LogP contribution in [0.5, 0.6) is 0 Å². The molecule has 0 amide bonds. The van der Waals surface area contributed by atoms with Crippen molar-refractivity contribution >= 4 is 23.0 Å². The third kappa shape index (κ3) is 1.84. The van der Waals surface area contributed by atoms with Crippen LogP contribution in [0.4, 0.5) is 11.4 Å². The summed E-state index contributed by atoms with van der Waals surface area (Å²) in [5.74, 6) is -0.505. The van der Waals surface area contributed by atoms with Gasteiger partial charge in [-0.05, 0) is 18.2 Å². The molecule has 1 aromatic rings. The molecule has 0 radical (unpaired) electrons. The fourth-order valence-corrected chi connectivity index (χ4v) is 2.00. The Morgan fingerprint density at radius 1 is 1.31 bits per heavy atom. The molecule has 1 aliphatic heterocycles. The first-order valence-corrected chi connectivity index (χ1v) is 5.38. The molecule has 0 saturated carbocycles. The maximum Gasteiger partial charge on any atom is 0.203 e. The van der Waals surface area contributed by atoms with Crippen molar-refractivity contribution in [3.05, 3.63) is 23.2 Å². The van der Waals surface area contributed by atoms with Crippen molar-refractivity contribution in [2.75, 3.05) is 37.9 Å². The maximum atomic E-state index is 5.94. The second-order valence-corrected chi connectivity index (χ2v) is 4.31. The van der Waals surface area contributed by atoms with E-state index in [4.69, 9.17) is 26.8 Å². The lowest BCUT2D eigenvalue weighted by molar-refractivity contribution is -0.219. The monoisotopic (exact) mass is 242 g/mol. The molecule has 0 aliphatic carbocycles. The first kappa shape index (κ1) is 11.5. The molecule has 2 N–H and O–H groups in total. The molecule has 1 saturated heterocycles. The number of methoxy groups -OCH3 is 2. The molecule has 5 heteroatoms. The zero-order valence-corrected chi connectivity index (χ0v) is 10.1. The zero-order valence-electron chi connectivity index (χ0n) is 9.37. The molecule has 4 nitrogen and oxygen atoms in total. The van der Waals surface area contributed by atoms with E-state index in [1.165, 1.54) is 0 Å². The van der Waals surface area contributed by atoms with Crippen molar-refractivity contribution < 1.29 is 9.47 Å². The van der Waals surface area contributed by atoms with Crippen molar-refractivity contribution in [1.82, 2.24) is 0 Å². The van der Waals surface area contributed by atoms with Crippen LogP contribution in [0.2, 0.25) is 5.02 Å². The van der Waals surface area contributed by atoms with Crippen molar-refractivity contribution in [3.8, 4) is 0 Å². The van der Waals surface area contributed by atoms with Crippen molar-refractivity contribution in [3.63, 3.8) is 0 Å². The van der Waals surface area contributed by atoms with Gasteiger partial charge < -0.3 is 20.1 Å². The lowest BCUT2D eigenvalue weighted by Gasteiger charge is -2.49. The summed E-state index contributed by atoms with van der Waals surface area (Å²) in [5, 5.41) is 0.677. The summed E-state index contributed by atoms with van der Waals surface area (Å²) in [4.78, 5) is 2.08. The minimum Gasteiger partial charge on any atom is -0.397 e. The average molecular weight is 243 g/mol. The minimum absolute atomic E-state index is 0.505. The molecule has 0 aromatic heterocycles. The van der Waals surface area contributed by atoms with E-state index in [0.717, 1.165) is 5.69 Å². The third-order valence-corrected chi connectivity index (χ3v) is 3.18. The van der Waals surface area contributed by atoms with Crippen LogP contribution in [0.25, 0.3) is 0 Å². The van der Waals surface area contributed by atoms with Crippen LogP contribution in [-0.4, -0.2) is 33.1 Å². The molecule has 16 heavy (non-hydrogen) atoms. The van der Waals surface area contributed by atoms with E-state index < -0.39 is 5.79 Å². The largest absolute Gasteiger partial charge is 0.397 e. The highest BCUT2D eigenvalue weighted by Gasteiger charge is 2.44. The summed E-state index contributed by atoms with van der Waals surface area (Å²) in [6.07, 6.45) is 0. The first-order valence-electron chi connectivity index (χ1n) is 5.00. The summed E-state index contributed by atoms with van der Waals surface area (Å²) in [7, 11) is 3.28. The van der Waals surface area contributed by atoms with E-state index in [-0.39, 0.29) is 0 Å². The van der Waals surface area contributed by atoms with Gasteiger partial charge in [0.1, 0.15) is 0 Å². The van der Waals surface area contributed by atoms with E-state index in [0.29, 0.717) is 23.8 Å². The normalized spacial score (nSPS) is 18.3. The van der Waals surface area contributed by atoms with Crippen LogP contribution >= 0.6 is 11.6 Å². The molecule has 1 heterocycles. The summed E-state index contributed by atoms with van der Waals surface area (Å²) in [6, 6.07) is 5.43. The van der Waals surface area contributed by atoms with Gasteiger partial charge in [0.2, 0.25) is 5.79 Å². The molecule has 0 unspecified atom stereocenters. The Morgan fingerprint density at radius 2 is 1.94 bits per heavy atom. The SMILES string of the molecule is COC1(OC)CN(c2cc(Cl)ccc2N)C1. The molecule has 88 valence electrons. The Labute approximate surface area is 99.9 Å². The number of benzene rings is 1. The molecular formula is C11H15ClN2O2. The molecule has 2 rings (SSSR count). The number of nitrogen functional groups attached to an aromatic ring is 1. The van der Waals surface area contributed by atoms with Crippen LogP contribution in [0, 0.1) is 0 Å². The molecule has 1 fully saturated rings. The van der Waals surface area contributed by atoms with Gasteiger partial charge in [-0.2, -0.15) is 0 Å². The standard InChI is InChI=1S/C11H15ClN2O2/c1-15-11(16-2)6-14(7-11)10-5-8(12)3-4-9(10)13/h3-5H,6-7,13H2,1-2H3. The lowest BCUT2D eigenvalue weighted by Crippen LogP contribution is -2.64. The Kier molecular flexibility index (Phi) is 2.97. The van der Waals surface area contributed by atoms with Crippen molar-refractivity contribution in [2.24, 2.45) is 0 Å². The number of rotatable bonds is 3. The van der Waals surface area contributed by atoms with Gasteiger partial charge in [-0.1, -0.05) is 11.6 Å². The summed E-state index contributed by atoms with van der Waals surface area (Å²) < 4.78 is 10.6. The molecular weight excluding hydrogens is 228 g/mol. The smallest absolute Gasteiger partial charge is 0.203 e. The van der Waals surface area contributed by atoms with Gasteiger partial charge in [0.25, 0.3) is 0 Å². The topological polar surface area (TPSA) is 47.7 Å². The molecule has 0 bridgehead atoms. The predicted octanol–water partition coefficient (Wildman–Crippen LogP) is 1.73. The van der Waals surface area contributed by atoms with Gasteiger partial charge in [0.05, 0.1) is 24.5 Å². The first-order chi connectivity index (χ1) is 7.60. The second-order valence-electron chi connectivity index (χ2n) is 3.88. The minimum atomic E-state index is -0.505. The summed E-state index contributed by atoms with van der Waals surface area (Å²) in [6.45, 7) is 1.31. The number of hydrogen-bond acceptors (Lipinski definition) is 4. The number of nitrogens with two attached hydrogens (primary N) is 1. The second kappa shape index (κ2) is 4.13. The maximum absolute atomic E-state index is 5.94. The van der Waals surface area contributed by atoms with Crippen LogP contribution in [0.3, 0.4) is 0 Å². The highest BCUT2D eigenvalue weighted by Crippen LogP contribution is 2.35. The molecule has 0 atom stereocenters. The van der Waals surface area contributed by atoms with Crippen LogP contribution in [0.15, 0.2) is 18.2 Å². The van der Waals surface area contributed by atoms with Crippen LogP contribution < -0.4 is 10.6 Å². The molecule has 1 aliphatic rings. The number of nitrogens with zero attached hydrogens (tertiary/aromatic N) is 1.